The quantitative estimate of drug-likeness (QED) is 0.742. The van der Waals surface area contributed by atoms with Crippen LogP contribution in [0.25, 0.3) is 0 Å². The second-order valence-corrected chi connectivity index (χ2v) is 5.42. The molecule has 0 saturated heterocycles. The maximum atomic E-state index is 5.56. The van der Waals surface area contributed by atoms with Crippen LogP contribution in [0.15, 0.2) is 24.3 Å². The molecule has 17 heavy (non-hydrogen) atoms. The van der Waals surface area contributed by atoms with Crippen molar-refractivity contribution in [1.82, 2.24) is 0 Å². The topological polar surface area (TPSA) is 26.0 Å². The van der Waals surface area contributed by atoms with Crippen LogP contribution in [-0.2, 0) is 12.8 Å². The van der Waals surface area contributed by atoms with Gasteiger partial charge in [0, 0.05) is 6.42 Å². The van der Waals surface area contributed by atoms with E-state index in [4.69, 9.17) is 18.0 Å². The highest BCUT2D eigenvalue weighted by Crippen LogP contribution is 2.14. The lowest BCUT2D eigenvalue weighted by Crippen LogP contribution is -2.13. The molecule has 0 aliphatic rings. The van der Waals surface area contributed by atoms with Crippen LogP contribution in [0.1, 0.15) is 44.2 Å². The molecule has 1 atom stereocenters. The van der Waals surface area contributed by atoms with Gasteiger partial charge in [-0.05, 0) is 36.3 Å². The number of thiocarbonyl (C=S) groups is 1. The van der Waals surface area contributed by atoms with E-state index in [0.29, 0.717) is 10.9 Å². The molecule has 0 aliphatic carbocycles. The first-order valence-corrected chi connectivity index (χ1v) is 6.88. The summed E-state index contributed by atoms with van der Waals surface area (Å²) in [5.74, 6) is 0.536. The number of nitrogens with two attached hydrogens (primary N) is 1. The molecule has 1 aromatic carbocycles. The number of benzene rings is 1. The van der Waals surface area contributed by atoms with Crippen LogP contribution < -0.4 is 5.73 Å². The lowest BCUT2D eigenvalue weighted by atomic mass is 9.97. The summed E-state index contributed by atoms with van der Waals surface area (Å²) in [5, 5.41) is 0. The van der Waals surface area contributed by atoms with Gasteiger partial charge < -0.3 is 5.73 Å². The van der Waals surface area contributed by atoms with Crippen LogP contribution >= 0.6 is 12.2 Å². The number of hydrogen-bond donors (Lipinski definition) is 1. The molecule has 0 aromatic heterocycles. The maximum Gasteiger partial charge on any atom is 0.0730 e. The first-order chi connectivity index (χ1) is 8.11. The van der Waals surface area contributed by atoms with E-state index in [2.05, 4.69) is 38.1 Å². The van der Waals surface area contributed by atoms with Crippen LogP contribution in [-0.4, -0.2) is 4.99 Å². The molecule has 2 N–H and O–H groups in total. The van der Waals surface area contributed by atoms with E-state index in [0.717, 1.165) is 12.8 Å². The van der Waals surface area contributed by atoms with Gasteiger partial charge >= 0.3 is 0 Å². The highest BCUT2D eigenvalue weighted by Gasteiger charge is 2.05. The standard InChI is InChI=1S/C15H23NS/c1-3-4-5-13-6-8-14(9-7-13)10-12(2)11-15(16)17/h6-9,12H,3-5,10-11H2,1-2H3,(H2,16,17). The molecule has 1 nitrogen and oxygen atoms in total. The van der Waals surface area contributed by atoms with Crippen molar-refractivity contribution >= 4 is 17.2 Å². The third kappa shape index (κ3) is 5.83. The predicted molar refractivity (Wildman–Crippen MR) is 79.3 cm³/mol. The number of aryl methyl sites for hydroxylation is 1. The molecule has 94 valence electrons. The molecule has 0 fully saturated rings. The van der Waals surface area contributed by atoms with Crippen LogP contribution in [0.5, 0.6) is 0 Å². The number of rotatable bonds is 7. The Bertz CT molecular complexity index is 342. The highest BCUT2D eigenvalue weighted by atomic mass is 32.1. The maximum absolute atomic E-state index is 5.56. The van der Waals surface area contributed by atoms with E-state index in [1.165, 1.54) is 30.4 Å². The first-order valence-electron chi connectivity index (χ1n) is 6.48. The second kappa shape index (κ2) is 7.44. The van der Waals surface area contributed by atoms with Gasteiger partial charge in [0.25, 0.3) is 0 Å². The van der Waals surface area contributed by atoms with Crippen LogP contribution in [0.2, 0.25) is 0 Å². The van der Waals surface area contributed by atoms with Gasteiger partial charge in [0.15, 0.2) is 0 Å². The van der Waals surface area contributed by atoms with Crippen molar-refractivity contribution in [2.75, 3.05) is 0 Å². The van der Waals surface area contributed by atoms with Gasteiger partial charge in [-0.2, -0.15) is 0 Å². The summed E-state index contributed by atoms with van der Waals surface area (Å²) in [5.41, 5.74) is 8.38. The molecule has 0 heterocycles. The van der Waals surface area contributed by atoms with Gasteiger partial charge in [0.1, 0.15) is 0 Å². The van der Waals surface area contributed by atoms with Crippen molar-refractivity contribution in [3.8, 4) is 0 Å². The minimum Gasteiger partial charge on any atom is -0.393 e. The molecule has 1 aromatic rings. The lowest BCUT2D eigenvalue weighted by Gasteiger charge is -2.10. The Morgan fingerprint density at radius 3 is 2.35 bits per heavy atom. The van der Waals surface area contributed by atoms with Crippen molar-refractivity contribution in [2.24, 2.45) is 11.7 Å². The molecular formula is C15H23NS. The van der Waals surface area contributed by atoms with Crippen molar-refractivity contribution in [2.45, 2.75) is 46.0 Å². The average molecular weight is 249 g/mol. The largest absolute Gasteiger partial charge is 0.393 e. The molecule has 0 radical (unpaired) electrons. The van der Waals surface area contributed by atoms with Crippen LogP contribution in [0.3, 0.4) is 0 Å². The zero-order chi connectivity index (χ0) is 12.7. The minimum absolute atomic E-state index is 0.536. The Balaban J connectivity index is 2.47. The van der Waals surface area contributed by atoms with Crippen molar-refractivity contribution in [3.05, 3.63) is 35.4 Å². The minimum atomic E-state index is 0.536. The molecule has 0 aliphatic heterocycles. The fraction of sp³-hybridized carbons (Fsp3) is 0.533. The molecule has 2 heteroatoms. The predicted octanol–water partition coefficient (Wildman–Crippen LogP) is 3.88. The first kappa shape index (κ1) is 14.2. The second-order valence-electron chi connectivity index (χ2n) is 4.90. The van der Waals surface area contributed by atoms with E-state index in [-0.39, 0.29) is 0 Å². The van der Waals surface area contributed by atoms with Gasteiger partial charge in [0.05, 0.1) is 4.99 Å². The fourth-order valence-electron chi connectivity index (χ4n) is 2.04. The number of hydrogen-bond acceptors (Lipinski definition) is 1. The van der Waals surface area contributed by atoms with Crippen LogP contribution in [0.4, 0.5) is 0 Å². The third-order valence-electron chi connectivity index (χ3n) is 2.98. The van der Waals surface area contributed by atoms with Gasteiger partial charge in [-0.25, -0.2) is 0 Å². The van der Waals surface area contributed by atoms with E-state index in [1.54, 1.807) is 0 Å². The fourth-order valence-corrected chi connectivity index (χ4v) is 2.33. The molecule has 0 spiro atoms. The smallest absolute Gasteiger partial charge is 0.0730 e. The van der Waals surface area contributed by atoms with Crippen molar-refractivity contribution in [3.63, 3.8) is 0 Å². The van der Waals surface area contributed by atoms with Gasteiger partial charge in [-0.15, -0.1) is 0 Å². The van der Waals surface area contributed by atoms with E-state index in [9.17, 15) is 0 Å². The lowest BCUT2D eigenvalue weighted by molar-refractivity contribution is 0.607. The summed E-state index contributed by atoms with van der Waals surface area (Å²) in [7, 11) is 0. The van der Waals surface area contributed by atoms with E-state index >= 15 is 0 Å². The Morgan fingerprint density at radius 1 is 1.24 bits per heavy atom. The third-order valence-corrected chi connectivity index (χ3v) is 3.14. The summed E-state index contributed by atoms with van der Waals surface area (Å²) < 4.78 is 0. The summed E-state index contributed by atoms with van der Waals surface area (Å²) >= 11 is 4.93. The van der Waals surface area contributed by atoms with Crippen molar-refractivity contribution < 1.29 is 0 Å². The van der Waals surface area contributed by atoms with Gasteiger partial charge in [-0.3, -0.25) is 0 Å². The number of unbranched alkanes of at least 4 members (excludes halogenated alkanes) is 1. The molecule has 1 unspecified atom stereocenters. The summed E-state index contributed by atoms with van der Waals surface area (Å²) in [6.07, 6.45) is 5.63. The zero-order valence-electron chi connectivity index (χ0n) is 10.9. The average Bonchev–Trinajstić information content (AvgIpc) is 2.27. The highest BCUT2D eigenvalue weighted by molar-refractivity contribution is 7.80. The van der Waals surface area contributed by atoms with E-state index in [1.807, 2.05) is 0 Å². The SMILES string of the molecule is CCCCc1ccc(CC(C)CC(N)=S)cc1. The Morgan fingerprint density at radius 2 is 1.82 bits per heavy atom. The van der Waals surface area contributed by atoms with E-state index < -0.39 is 0 Å². The summed E-state index contributed by atoms with van der Waals surface area (Å²) in [6, 6.07) is 8.97. The van der Waals surface area contributed by atoms with Crippen molar-refractivity contribution in [1.29, 1.82) is 0 Å². The molecule has 0 bridgehead atoms. The normalized spacial score (nSPS) is 12.4. The Labute approximate surface area is 110 Å². The molecule has 0 amide bonds. The molecular weight excluding hydrogens is 226 g/mol. The van der Waals surface area contributed by atoms with Gasteiger partial charge in [0.2, 0.25) is 0 Å². The Hall–Kier alpha value is -0.890. The Kier molecular flexibility index (Phi) is 6.20. The molecule has 1 rings (SSSR count). The zero-order valence-corrected chi connectivity index (χ0v) is 11.7. The van der Waals surface area contributed by atoms with Crippen LogP contribution in [0, 0.1) is 5.92 Å². The molecule has 0 saturated carbocycles. The summed E-state index contributed by atoms with van der Waals surface area (Å²) in [6.45, 7) is 4.43. The summed E-state index contributed by atoms with van der Waals surface area (Å²) in [4.78, 5) is 0.622. The van der Waals surface area contributed by atoms with Gasteiger partial charge in [-0.1, -0.05) is 56.8 Å². The monoisotopic (exact) mass is 249 g/mol.